The lowest BCUT2D eigenvalue weighted by Crippen LogP contribution is -2.33. The molecule has 1 saturated heterocycles. The van der Waals surface area contributed by atoms with E-state index in [4.69, 9.17) is 4.74 Å². The second kappa shape index (κ2) is 7.10. The average Bonchev–Trinajstić information content (AvgIpc) is 3.29. The maximum Gasteiger partial charge on any atom is 0.414 e. The van der Waals surface area contributed by atoms with E-state index in [0.717, 1.165) is 0 Å². The van der Waals surface area contributed by atoms with E-state index in [1.165, 1.54) is 18.0 Å². The molecular formula is C19H17N5O4. The van der Waals surface area contributed by atoms with Gasteiger partial charge in [0.15, 0.2) is 0 Å². The summed E-state index contributed by atoms with van der Waals surface area (Å²) in [6, 6.07) is 8.42. The first-order chi connectivity index (χ1) is 13.5. The highest BCUT2D eigenvalue weighted by atomic mass is 16.6. The van der Waals surface area contributed by atoms with E-state index < -0.39 is 12.2 Å². The zero-order valence-electron chi connectivity index (χ0n) is 15.0. The third-order valence-electron chi connectivity index (χ3n) is 4.42. The summed E-state index contributed by atoms with van der Waals surface area (Å²) in [7, 11) is 0. The van der Waals surface area contributed by atoms with Gasteiger partial charge < -0.3 is 10.1 Å². The van der Waals surface area contributed by atoms with Gasteiger partial charge in [0.05, 0.1) is 19.3 Å². The van der Waals surface area contributed by atoms with Crippen molar-refractivity contribution < 1.29 is 19.1 Å². The van der Waals surface area contributed by atoms with Crippen LogP contribution in [0, 0.1) is 0 Å². The quantitative estimate of drug-likeness (QED) is 0.672. The number of carbonyl (C=O) groups excluding carboxylic acids is 3. The Morgan fingerprint density at radius 2 is 2.04 bits per heavy atom. The van der Waals surface area contributed by atoms with Crippen molar-refractivity contribution in [1.29, 1.82) is 0 Å². The van der Waals surface area contributed by atoms with Crippen LogP contribution in [0.1, 0.15) is 23.0 Å². The third kappa shape index (κ3) is 3.29. The SMILES string of the molecule is CC(=O)NC[C@H]1CN(c2ccc(C(=O)c3cnc4ncccn34)cc2)C(=O)O1. The number of amides is 2. The van der Waals surface area contributed by atoms with E-state index in [1.807, 2.05) is 0 Å². The molecule has 4 rings (SSSR count). The second-order valence-corrected chi connectivity index (χ2v) is 6.36. The lowest BCUT2D eigenvalue weighted by Gasteiger charge is -2.13. The maximum absolute atomic E-state index is 12.8. The molecule has 1 fully saturated rings. The number of benzene rings is 1. The van der Waals surface area contributed by atoms with E-state index in [1.54, 1.807) is 47.1 Å². The molecule has 3 heterocycles. The number of aromatic nitrogens is 3. The molecule has 2 aromatic heterocycles. The van der Waals surface area contributed by atoms with Gasteiger partial charge in [-0.05, 0) is 30.3 Å². The topological polar surface area (TPSA) is 106 Å². The molecule has 1 N–H and O–H groups in total. The molecule has 0 saturated carbocycles. The number of anilines is 1. The van der Waals surface area contributed by atoms with Crippen molar-refractivity contribution in [2.75, 3.05) is 18.0 Å². The van der Waals surface area contributed by atoms with Crippen LogP contribution in [-0.4, -0.2) is 51.3 Å². The van der Waals surface area contributed by atoms with Crippen molar-refractivity contribution in [1.82, 2.24) is 19.7 Å². The molecule has 9 nitrogen and oxygen atoms in total. The molecule has 0 unspecified atom stereocenters. The molecule has 0 aliphatic carbocycles. The van der Waals surface area contributed by atoms with Crippen molar-refractivity contribution in [2.45, 2.75) is 13.0 Å². The molecule has 0 spiro atoms. The Morgan fingerprint density at radius 3 is 2.79 bits per heavy atom. The Balaban J connectivity index is 1.50. The van der Waals surface area contributed by atoms with Gasteiger partial charge in [0, 0.05) is 30.6 Å². The molecule has 0 bridgehead atoms. The van der Waals surface area contributed by atoms with Crippen molar-refractivity contribution in [3.63, 3.8) is 0 Å². The van der Waals surface area contributed by atoms with Gasteiger partial charge in [-0.1, -0.05) is 0 Å². The molecule has 1 aliphatic heterocycles. The van der Waals surface area contributed by atoms with Crippen LogP contribution >= 0.6 is 0 Å². The number of nitrogens with one attached hydrogen (secondary N) is 1. The normalized spacial score (nSPS) is 16.2. The Kier molecular flexibility index (Phi) is 4.48. The average molecular weight is 379 g/mol. The van der Waals surface area contributed by atoms with Gasteiger partial charge in [-0.25, -0.2) is 14.8 Å². The largest absolute Gasteiger partial charge is 0.442 e. The Labute approximate surface area is 160 Å². The van der Waals surface area contributed by atoms with Crippen molar-refractivity contribution in [2.24, 2.45) is 0 Å². The summed E-state index contributed by atoms with van der Waals surface area (Å²) in [5.41, 5.74) is 1.50. The summed E-state index contributed by atoms with van der Waals surface area (Å²) in [5, 5.41) is 2.63. The van der Waals surface area contributed by atoms with Gasteiger partial charge >= 0.3 is 6.09 Å². The Bertz CT molecular complexity index is 1060. The van der Waals surface area contributed by atoms with Gasteiger partial charge in [0.25, 0.3) is 0 Å². The number of imidazole rings is 1. The number of hydrogen-bond acceptors (Lipinski definition) is 6. The minimum absolute atomic E-state index is 0.181. The highest BCUT2D eigenvalue weighted by Crippen LogP contribution is 2.23. The minimum atomic E-state index is -0.484. The number of rotatable bonds is 5. The lowest BCUT2D eigenvalue weighted by molar-refractivity contribution is -0.119. The molecule has 2 amide bonds. The standard InChI is InChI=1S/C19H17N5O4/c1-12(25)21-9-15-11-24(19(27)28-15)14-5-3-13(4-6-14)17(26)16-10-22-18-20-7-2-8-23(16)18/h2-8,10,15H,9,11H2,1H3,(H,21,25)/t15-/m0/s1. The number of cyclic esters (lactones) is 1. The minimum Gasteiger partial charge on any atom is -0.442 e. The molecule has 3 aromatic rings. The molecule has 142 valence electrons. The zero-order chi connectivity index (χ0) is 19.7. The summed E-state index contributed by atoms with van der Waals surface area (Å²) >= 11 is 0. The van der Waals surface area contributed by atoms with Gasteiger partial charge in [-0.2, -0.15) is 0 Å². The lowest BCUT2D eigenvalue weighted by atomic mass is 10.1. The molecule has 1 aromatic carbocycles. The third-order valence-corrected chi connectivity index (χ3v) is 4.42. The first-order valence-electron chi connectivity index (χ1n) is 8.68. The molecule has 9 heteroatoms. The first kappa shape index (κ1) is 17.7. The number of ketones is 1. The monoisotopic (exact) mass is 379 g/mol. The van der Waals surface area contributed by atoms with Crippen LogP contribution < -0.4 is 10.2 Å². The van der Waals surface area contributed by atoms with E-state index >= 15 is 0 Å². The van der Waals surface area contributed by atoms with E-state index in [9.17, 15) is 14.4 Å². The summed E-state index contributed by atoms with van der Waals surface area (Å²) in [6.45, 7) is 1.99. The van der Waals surface area contributed by atoms with Gasteiger partial charge in [0.2, 0.25) is 17.5 Å². The number of carbonyl (C=O) groups is 3. The van der Waals surface area contributed by atoms with Crippen LogP contribution in [0.2, 0.25) is 0 Å². The van der Waals surface area contributed by atoms with Crippen molar-refractivity contribution in [3.8, 4) is 0 Å². The number of ether oxygens (including phenoxy) is 1. The second-order valence-electron chi connectivity index (χ2n) is 6.36. The smallest absolute Gasteiger partial charge is 0.414 e. The van der Waals surface area contributed by atoms with Crippen LogP contribution in [0.5, 0.6) is 0 Å². The van der Waals surface area contributed by atoms with Crippen molar-refractivity contribution >= 4 is 29.2 Å². The Morgan fingerprint density at radius 1 is 1.25 bits per heavy atom. The van der Waals surface area contributed by atoms with Crippen molar-refractivity contribution in [3.05, 3.63) is 60.2 Å². The van der Waals surface area contributed by atoms with Crippen LogP contribution in [0.4, 0.5) is 10.5 Å². The van der Waals surface area contributed by atoms with E-state index in [-0.39, 0.29) is 18.2 Å². The van der Waals surface area contributed by atoms with Crippen LogP contribution in [0.3, 0.4) is 0 Å². The fourth-order valence-electron chi connectivity index (χ4n) is 3.03. The molecule has 1 atom stereocenters. The molecule has 28 heavy (non-hydrogen) atoms. The maximum atomic E-state index is 12.8. The summed E-state index contributed by atoms with van der Waals surface area (Å²) in [4.78, 5) is 45.6. The van der Waals surface area contributed by atoms with E-state index in [2.05, 4.69) is 15.3 Å². The van der Waals surface area contributed by atoms with Gasteiger partial charge in [0.1, 0.15) is 11.8 Å². The highest BCUT2D eigenvalue weighted by Gasteiger charge is 2.32. The summed E-state index contributed by atoms with van der Waals surface area (Å²) in [6.07, 6.45) is 3.93. The fraction of sp³-hybridized carbons (Fsp3) is 0.211. The Hall–Kier alpha value is -3.75. The van der Waals surface area contributed by atoms with Crippen LogP contribution in [0.15, 0.2) is 48.9 Å². The van der Waals surface area contributed by atoms with Crippen LogP contribution in [0.25, 0.3) is 5.78 Å². The number of hydrogen-bond donors (Lipinski definition) is 1. The van der Waals surface area contributed by atoms with Gasteiger partial charge in [-0.15, -0.1) is 0 Å². The van der Waals surface area contributed by atoms with Gasteiger partial charge in [-0.3, -0.25) is 18.9 Å². The number of nitrogens with zero attached hydrogens (tertiary/aromatic N) is 4. The zero-order valence-corrected chi connectivity index (χ0v) is 15.0. The van der Waals surface area contributed by atoms with E-state index in [0.29, 0.717) is 29.3 Å². The number of fused-ring (bicyclic) bond motifs is 1. The van der Waals surface area contributed by atoms with Crippen LogP contribution in [-0.2, 0) is 9.53 Å². The molecule has 1 aliphatic rings. The molecular weight excluding hydrogens is 362 g/mol. The summed E-state index contributed by atoms with van der Waals surface area (Å²) < 4.78 is 6.88. The predicted octanol–water partition coefficient (Wildman–Crippen LogP) is 1.42. The fourth-order valence-corrected chi connectivity index (χ4v) is 3.03. The summed E-state index contributed by atoms with van der Waals surface area (Å²) in [5.74, 6) is 0.0760. The highest BCUT2D eigenvalue weighted by molar-refractivity contribution is 6.08. The first-order valence-corrected chi connectivity index (χ1v) is 8.68. The molecule has 0 radical (unpaired) electrons. The predicted molar refractivity (Wildman–Crippen MR) is 99.2 cm³/mol.